The van der Waals surface area contributed by atoms with Crippen molar-refractivity contribution in [1.29, 1.82) is 5.26 Å². The van der Waals surface area contributed by atoms with Gasteiger partial charge >= 0.3 is 18.2 Å². The number of nitriles is 1. The molecule has 7 heterocycles. The SMILES string of the molecule is CC(C)(C)OC(=O)Nc1sc2c(F)cnc(-c3c4c(c5c(C6C7CCC6CN(C(=O)O)C7)nc(OC[C@@]67CCCN6C[C@H](F)C7)nc5c3F)COC4)c2c1C#N. The van der Waals surface area contributed by atoms with E-state index in [1.165, 1.54) is 4.90 Å². The first-order valence-electron chi connectivity index (χ1n) is 18.9. The number of hydrogen-bond acceptors (Lipinski definition) is 11. The highest BCUT2D eigenvalue weighted by Gasteiger charge is 2.50. The summed E-state index contributed by atoms with van der Waals surface area (Å²) in [5.74, 6) is -1.95. The fraction of sp³-hybridized carbons (Fsp3) is 0.538. The summed E-state index contributed by atoms with van der Waals surface area (Å²) >= 11 is 0.815. The Labute approximate surface area is 323 Å². The van der Waals surface area contributed by atoms with Gasteiger partial charge in [-0.1, -0.05) is 0 Å². The standard InChI is InChI=1S/C39H40F3N7O6S/c1-38(2,3)55-36(50)47-34-21(10-43)28-30(44-11-24(41)33(28)56-34)26-22-15-53-16-23(22)27-31(25-18-5-6-19(25)13-48(12-18)37(51)52)45-35(46-32(27)29(26)42)54-17-39-7-4-8-49(39)14-20(40)9-39/h11,18-20,25H,4-9,12-17H2,1-3H3,(H,47,50)(H,51,52)/t18?,19?,20-,25?,39+/m1/s1. The Morgan fingerprint density at radius 1 is 1.14 bits per heavy atom. The van der Waals surface area contributed by atoms with E-state index in [4.69, 9.17) is 24.2 Å². The Hall–Kier alpha value is -4.79. The number of thiophene rings is 1. The normalized spacial score (nSPS) is 25.8. The molecule has 56 heavy (non-hydrogen) atoms. The third-order valence-electron chi connectivity index (χ3n) is 12.1. The summed E-state index contributed by atoms with van der Waals surface area (Å²) < 4.78 is 65.7. The molecular formula is C39H40F3N7O6S. The van der Waals surface area contributed by atoms with Crippen molar-refractivity contribution in [2.24, 2.45) is 11.8 Å². The van der Waals surface area contributed by atoms with Crippen LogP contribution in [0, 0.1) is 34.8 Å². The van der Waals surface area contributed by atoms with Gasteiger partial charge in [-0.2, -0.15) is 15.2 Å². The molecule has 4 aromatic rings. The number of nitrogens with one attached hydrogen (secondary N) is 1. The van der Waals surface area contributed by atoms with Crippen molar-refractivity contribution >= 4 is 49.5 Å². The van der Waals surface area contributed by atoms with Crippen molar-refractivity contribution in [3.8, 4) is 23.3 Å². The average molecular weight is 792 g/mol. The van der Waals surface area contributed by atoms with Crippen LogP contribution in [0.4, 0.5) is 27.8 Å². The van der Waals surface area contributed by atoms with Gasteiger partial charge in [-0.05, 0) is 76.0 Å². The topological polar surface area (TPSA) is 163 Å². The van der Waals surface area contributed by atoms with Crippen LogP contribution in [0.15, 0.2) is 6.20 Å². The zero-order chi connectivity index (χ0) is 39.3. The van der Waals surface area contributed by atoms with Gasteiger partial charge in [0.1, 0.15) is 35.0 Å². The molecule has 2 bridgehead atoms. The van der Waals surface area contributed by atoms with E-state index in [0.717, 1.165) is 49.8 Å². The number of alkyl halides is 1. The smallest absolute Gasteiger partial charge is 0.412 e. The number of carbonyl (C=O) groups excluding carboxylic acids is 1. The second-order valence-electron chi connectivity index (χ2n) is 16.6. The summed E-state index contributed by atoms with van der Waals surface area (Å²) in [6, 6.07) is 1.98. The van der Waals surface area contributed by atoms with E-state index in [2.05, 4.69) is 21.3 Å². The van der Waals surface area contributed by atoms with E-state index in [1.54, 1.807) is 20.8 Å². The van der Waals surface area contributed by atoms with Gasteiger partial charge in [0, 0.05) is 48.3 Å². The van der Waals surface area contributed by atoms with Crippen LogP contribution in [-0.2, 0) is 22.7 Å². The first-order chi connectivity index (χ1) is 26.7. The molecule has 3 aromatic heterocycles. The predicted octanol–water partition coefficient (Wildman–Crippen LogP) is 7.49. The molecule has 1 aromatic carbocycles. The number of nitrogens with zero attached hydrogens (tertiary/aromatic N) is 6. The molecule has 13 nitrogen and oxygen atoms in total. The zero-order valence-corrected chi connectivity index (χ0v) is 31.9. The number of ether oxygens (including phenoxy) is 3. The summed E-state index contributed by atoms with van der Waals surface area (Å²) in [5, 5.41) is 23.3. The average Bonchev–Trinajstić information content (AvgIpc) is 3.95. The van der Waals surface area contributed by atoms with Crippen LogP contribution in [0.25, 0.3) is 32.2 Å². The molecule has 4 fully saturated rings. The number of likely N-dealkylation sites (tertiary alicyclic amines) is 1. The second kappa shape index (κ2) is 13.4. The number of hydrogen-bond donors (Lipinski definition) is 2. The van der Waals surface area contributed by atoms with E-state index in [1.807, 2.05) is 0 Å². The van der Waals surface area contributed by atoms with Crippen LogP contribution in [0.5, 0.6) is 6.01 Å². The molecule has 2 N–H and O–H groups in total. The van der Waals surface area contributed by atoms with E-state index in [-0.39, 0.29) is 81.0 Å². The van der Waals surface area contributed by atoms with E-state index >= 15 is 8.78 Å². The highest BCUT2D eigenvalue weighted by atomic mass is 32.1. The number of anilines is 1. The summed E-state index contributed by atoms with van der Waals surface area (Å²) in [4.78, 5) is 42.4. The lowest BCUT2D eigenvalue weighted by atomic mass is 9.80. The van der Waals surface area contributed by atoms with Gasteiger partial charge in [0.05, 0.1) is 46.6 Å². The quantitative estimate of drug-likeness (QED) is 0.199. The third-order valence-corrected chi connectivity index (χ3v) is 13.2. The molecule has 9 rings (SSSR count). The monoisotopic (exact) mass is 791 g/mol. The van der Waals surface area contributed by atoms with Crippen LogP contribution in [0.3, 0.4) is 0 Å². The zero-order valence-electron chi connectivity index (χ0n) is 31.1. The molecule has 1 aliphatic carbocycles. The van der Waals surface area contributed by atoms with E-state index in [9.17, 15) is 24.3 Å². The molecule has 294 valence electrons. The Morgan fingerprint density at radius 3 is 2.61 bits per heavy atom. The Bertz CT molecular complexity index is 2350. The summed E-state index contributed by atoms with van der Waals surface area (Å²) in [6.07, 6.45) is 1.63. The number of benzene rings is 1. The minimum Gasteiger partial charge on any atom is -0.465 e. The van der Waals surface area contributed by atoms with Gasteiger partial charge < -0.3 is 24.2 Å². The highest BCUT2D eigenvalue weighted by Crippen LogP contribution is 2.52. The number of rotatable bonds is 6. The minimum atomic E-state index is -0.988. The molecule has 2 unspecified atom stereocenters. The summed E-state index contributed by atoms with van der Waals surface area (Å²) in [7, 11) is 0. The van der Waals surface area contributed by atoms with Crippen molar-refractivity contribution < 1.29 is 42.1 Å². The number of piperidine rings is 1. The molecule has 0 spiro atoms. The van der Waals surface area contributed by atoms with Crippen LogP contribution in [0.2, 0.25) is 0 Å². The van der Waals surface area contributed by atoms with Crippen molar-refractivity contribution in [1.82, 2.24) is 24.8 Å². The van der Waals surface area contributed by atoms with Crippen LogP contribution in [-0.4, -0.2) is 92.1 Å². The predicted molar refractivity (Wildman–Crippen MR) is 198 cm³/mol. The fourth-order valence-electron chi connectivity index (χ4n) is 9.92. The molecule has 5 aliphatic rings. The number of fused-ring (bicyclic) bond motifs is 7. The molecule has 1 saturated carbocycles. The molecule has 0 radical (unpaired) electrons. The van der Waals surface area contributed by atoms with Crippen LogP contribution in [0.1, 0.15) is 81.2 Å². The molecule has 4 atom stereocenters. The Balaban J connectivity index is 1.22. The lowest BCUT2D eigenvalue weighted by Gasteiger charge is -2.37. The lowest BCUT2D eigenvalue weighted by molar-refractivity contribution is 0.0636. The first-order valence-corrected chi connectivity index (χ1v) is 19.7. The number of amides is 2. The fourth-order valence-corrected chi connectivity index (χ4v) is 11.0. The van der Waals surface area contributed by atoms with E-state index in [0.29, 0.717) is 48.3 Å². The van der Waals surface area contributed by atoms with Crippen LogP contribution >= 0.6 is 11.3 Å². The maximum atomic E-state index is 17.7. The van der Waals surface area contributed by atoms with Gasteiger partial charge in [-0.25, -0.2) is 22.8 Å². The Kier molecular flexibility index (Phi) is 8.82. The summed E-state index contributed by atoms with van der Waals surface area (Å²) in [6.45, 7) is 6.91. The first kappa shape index (κ1) is 36.8. The van der Waals surface area contributed by atoms with Crippen LogP contribution < -0.4 is 10.1 Å². The Morgan fingerprint density at radius 2 is 1.89 bits per heavy atom. The van der Waals surface area contributed by atoms with Gasteiger partial charge in [0.25, 0.3) is 0 Å². The van der Waals surface area contributed by atoms with Gasteiger partial charge in [-0.15, -0.1) is 11.3 Å². The van der Waals surface area contributed by atoms with Crippen molar-refractivity contribution in [3.63, 3.8) is 0 Å². The third kappa shape index (κ3) is 5.99. The van der Waals surface area contributed by atoms with Crippen molar-refractivity contribution in [3.05, 3.63) is 40.2 Å². The van der Waals surface area contributed by atoms with E-state index < -0.39 is 41.1 Å². The highest BCUT2D eigenvalue weighted by molar-refractivity contribution is 7.23. The molecular weight excluding hydrogens is 752 g/mol. The maximum absolute atomic E-state index is 17.7. The number of carbonyl (C=O) groups is 2. The largest absolute Gasteiger partial charge is 0.465 e. The number of carboxylic acid groups (broad SMARTS) is 1. The molecule has 17 heteroatoms. The minimum absolute atomic E-state index is 0.0120. The van der Waals surface area contributed by atoms with Gasteiger partial charge in [-0.3, -0.25) is 15.2 Å². The second-order valence-corrected chi connectivity index (χ2v) is 17.7. The lowest BCUT2D eigenvalue weighted by Crippen LogP contribution is -2.44. The number of halogens is 3. The van der Waals surface area contributed by atoms with Crippen molar-refractivity contribution in [2.75, 3.05) is 38.1 Å². The summed E-state index contributed by atoms with van der Waals surface area (Å²) in [5.41, 5.74) is 0.0208. The molecule has 4 aliphatic heterocycles. The molecule has 2 amide bonds. The van der Waals surface area contributed by atoms with Gasteiger partial charge in [0.2, 0.25) is 0 Å². The van der Waals surface area contributed by atoms with Crippen molar-refractivity contribution in [2.45, 2.75) is 89.3 Å². The maximum Gasteiger partial charge on any atom is 0.412 e. The molecule has 3 saturated heterocycles. The number of pyridine rings is 1. The number of aromatic nitrogens is 3. The van der Waals surface area contributed by atoms with Gasteiger partial charge in [0.15, 0.2) is 11.6 Å².